The van der Waals surface area contributed by atoms with E-state index in [4.69, 9.17) is 14.6 Å². The first-order valence-electron chi connectivity index (χ1n) is 8.44. The summed E-state index contributed by atoms with van der Waals surface area (Å²) in [5.74, 6) is 0.170. The third kappa shape index (κ3) is 7.11. The smallest absolute Gasteiger partial charge is 0.330 e. The average molecular weight is 348 g/mol. The molecule has 0 spiro atoms. The minimum atomic E-state index is -0.668. The van der Waals surface area contributed by atoms with Gasteiger partial charge in [-0.1, -0.05) is 30.7 Å². The highest BCUT2D eigenvalue weighted by Gasteiger charge is 2.18. The van der Waals surface area contributed by atoms with Gasteiger partial charge in [0.25, 0.3) is 0 Å². The molecule has 0 aliphatic rings. The zero-order valence-electron chi connectivity index (χ0n) is 15.4. The van der Waals surface area contributed by atoms with E-state index < -0.39 is 6.10 Å². The number of hydrogen-bond donors (Lipinski definition) is 2. The molecule has 1 aromatic carbocycles. The van der Waals surface area contributed by atoms with Crippen LogP contribution in [-0.2, 0) is 9.53 Å². The molecule has 0 amide bonds. The zero-order valence-corrected chi connectivity index (χ0v) is 15.4. The van der Waals surface area contributed by atoms with E-state index in [1.165, 1.54) is 6.08 Å². The molecule has 0 bridgehead atoms. The van der Waals surface area contributed by atoms with Gasteiger partial charge in [-0.05, 0) is 44.0 Å². The zero-order chi connectivity index (χ0) is 18.8. The summed E-state index contributed by atoms with van der Waals surface area (Å²) in [4.78, 5) is 11.5. The summed E-state index contributed by atoms with van der Waals surface area (Å²) in [5, 5.41) is 19.3. The fourth-order valence-corrected chi connectivity index (χ4v) is 2.36. The van der Waals surface area contributed by atoms with Gasteiger partial charge in [-0.3, -0.25) is 0 Å². The molecular formula is C20H28O5. The number of benzene rings is 1. The van der Waals surface area contributed by atoms with Crippen molar-refractivity contribution in [1.82, 2.24) is 0 Å². The second kappa shape index (κ2) is 10.7. The van der Waals surface area contributed by atoms with E-state index in [0.717, 1.165) is 16.7 Å². The predicted molar refractivity (Wildman–Crippen MR) is 97.3 cm³/mol. The molecule has 0 saturated heterocycles. The van der Waals surface area contributed by atoms with Crippen molar-refractivity contribution in [2.24, 2.45) is 5.92 Å². The summed E-state index contributed by atoms with van der Waals surface area (Å²) in [6, 6.07) is 7.16. The molecule has 0 aromatic heterocycles. The number of ether oxygens (including phenoxy) is 2. The molecule has 0 saturated carbocycles. The summed E-state index contributed by atoms with van der Waals surface area (Å²) in [6.07, 6.45) is 2.65. The second-order valence-electron chi connectivity index (χ2n) is 5.90. The molecule has 138 valence electrons. The summed E-state index contributed by atoms with van der Waals surface area (Å²) in [5.41, 5.74) is 2.53. The van der Waals surface area contributed by atoms with E-state index >= 15 is 0 Å². The molecule has 5 heteroatoms. The van der Waals surface area contributed by atoms with Crippen LogP contribution >= 0.6 is 0 Å². The van der Waals surface area contributed by atoms with Gasteiger partial charge in [0.2, 0.25) is 0 Å². The van der Waals surface area contributed by atoms with E-state index in [1.54, 1.807) is 19.1 Å². The maximum atomic E-state index is 11.5. The monoisotopic (exact) mass is 348 g/mol. The number of esters is 1. The minimum Gasteiger partial charge on any atom is -0.491 e. The first-order chi connectivity index (χ1) is 11.9. The van der Waals surface area contributed by atoms with Gasteiger partial charge in [0, 0.05) is 12.0 Å². The lowest BCUT2D eigenvalue weighted by Gasteiger charge is -2.20. The Labute approximate surface area is 149 Å². The number of hydrogen-bond acceptors (Lipinski definition) is 5. The number of rotatable bonds is 9. The Morgan fingerprint density at radius 3 is 2.40 bits per heavy atom. The van der Waals surface area contributed by atoms with Crippen LogP contribution in [0.2, 0.25) is 0 Å². The Balaban J connectivity index is 2.78. The van der Waals surface area contributed by atoms with Crippen LogP contribution in [0.5, 0.6) is 5.75 Å². The number of aliphatic hydroxyl groups is 2. The van der Waals surface area contributed by atoms with Crippen LogP contribution in [0.25, 0.3) is 0 Å². The van der Waals surface area contributed by atoms with Crippen LogP contribution in [0.15, 0.2) is 47.6 Å². The van der Waals surface area contributed by atoms with Crippen molar-refractivity contribution < 1.29 is 24.5 Å². The summed E-state index contributed by atoms with van der Waals surface area (Å²) in [6.45, 7) is 8.00. The van der Waals surface area contributed by atoms with Crippen LogP contribution in [-0.4, -0.2) is 36.0 Å². The van der Waals surface area contributed by atoms with Crippen LogP contribution in [0.4, 0.5) is 0 Å². The largest absolute Gasteiger partial charge is 0.491 e. The topological polar surface area (TPSA) is 76.0 Å². The molecule has 0 heterocycles. The van der Waals surface area contributed by atoms with Crippen molar-refractivity contribution in [2.45, 2.75) is 33.8 Å². The molecule has 0 aliphatic heterocycles. The molecule has 2 atom stereocenters. The lowest BCUT2D eigenvalue weighted by molar-refractivity contribution is -0.137. The summed E-state index contributed by atoms with van der Waals surface area (Å²) >= 11 is 0. The molecule has 5 nitrogen and oxygen atoms in total. The van der Waals surface area contributed by atoms with Crippen LogP contribution in [0.3, 0.4) is 0 Å². The lowest BCUT2D eigenvalue weighted by atomic mass is 9.90. The maximum Gasteiger partial charge on any atom is 0.330 e. The summed E-state index contributed by atoms with van der Waals surface area (Å²) < 4.78 is 10.2. The third-order valence-corrected chi connectivity index (χ3v) is 3.86. The molecule has 0 radical (unpaired) electrons. The van der Waals surface area contributed by atoms with Crippen molar-refractivity contribution in [3.63, 3.8) is 0 Å². The fraction of sp³-hybridized carbons (Fsp3) is 0.450. The quantitative estimate of drug-likeness (QED) is 0.407. The Morgan fingerprint density at radius 1 is 1.20 bits per heavy atom. The van der Waals surface area contributed by atoms with E-state index in [-0.39, 0.29) is 25.1 Å². The van der Waals surface area contributed by atoms with E-state index in [1.807, 2.05) is 39.0 Å². The molecule has 0 unspecified atom stereocenters. The van der Waals surface area contributed by atoms with E-state index in [2.05, 4.69) is 0 Å². The predicted octanol–water partition coefficient (Wildman–Crippen LogP) is 3.18. The van der Waals surface area contributed by atoms with Gasteiger partial charge in [-0.2, -0.15) is 0 Å². The number of aliphatic hydroxyl groups excluding tert-OH is 2. The average Bonchev–Trinajstić information content (AvgIpc) is 2.59. The first kappa shape index (κ1) is 20.9. The van der Waals surface area contributed by atoms with E-state index in [0.29, 0.717) is 12.4 Å². The van der Waals surface area contributed by atoms with Gasteiger partial charge in [0.05, 0.1) is 19.3 Å². The molecule has 1 rings (SSSR count). The van der Waals surface area contributed by atoms with Crippen molar-refractivity contribution in [3.8, 4) is 5.75 Å². The van der Waals surface area contributed by atoms with Crippen molar-refractivity contribution >= 4 is 5.97 Å². The third-order valence-electron chi connectivity index (χ3n) is 3.86. The van der Waals surface area contributed by atoms with Crippen LogP contribution in [0, 0.1) is 5.92 Å². The Hall–Kier alpha value is -2.11. The van der Waals surface area contributed by atoms with Gasteiger partial charge in [0.15, 0.2) is 0 Å². The first-order valence-corrected chi connectivity index (χ1v) is 8.44. The van der Waals surface area contributed by atoms with Gasteiger partial charge in [-0.25, -0.2) is 4.79 Å². The molecule has 25 heavy (non-hydrogen) atoms. The molecule has 2 N–H and O–H groups in total. The van der Waals surface area contributed by atoms with E-state index in [9.17, 15) is 9.90 Å². The number of carbonyl (C=O) groups is 1. The Kier molecular flexibility index (Phi) is 8.95. The SMILES string of the molecule is CCOC(=O)/C=C(C)/C=C(\C)[C@H](C)[C@@H](O)c1ccc(OCCO)cc1. The number of carbonyl (C=O) groups excluding carboxylic acids is 1. The molecule has 0 fully saturated rings. The normalized spacial score (nSPS) is 14.8. The molecular weight excluding hydrogens is 320 g/mol. The molecule has 1 aromatic rings. The minimum absolute atomic E-state index is 0.0376. The van der Waals surface area contributed by atoms with Crippen molar-refractivity contribution in [2.75, 3.05) is 19.8 Å². The fourth-order valence-electron chi connectivity index (χ4n) is 2.36. The van der Waals surface area contributed by atoms with Crippen LogP contribution in [0.1, 0.15) is 39.4 Å². The standard InChI is InChI=1S/C20H28O5/c1-5-24-19(22)13-14(2)12-15(3)16(4)20(23)17-6-8-18(9-7-17)25-11-10-21/h6-9,12-13,16,20-21,23H,5,10-11H2,1-4H3/b14-13+,15-12+/t16-,20+/m0/s1. The highest BCUT2D eigenvalue weighted by molar-refractivity contribution is 5.83. The Morgan fingerprint density at radius 2 is 1.84 bits per heavy atom. The van der Waals surface area contributed by atoms with Gasteiger partial charge >= 0.3 is 5.97 Å². The summed E-state index contributed by atoms with van der Waals surface area (Å²) in [7, 11) is 0. The highest BCUT2D eigenvalue weighted by Crippen LogP contribution is 2.29. The van der Waals surface area contributed by atoms with Crippen LogP contribution < -0.4 is 4.74 Å². The Bertz CT molecular complexity index is 601. The van der Waals surface area contributed by atoms with Gasteiger partial charge in [0.1, 0.15) is 12.4 Å². The second-order valence-corrected chi connectivity index (χ2v) is 5.90. The molecule has 0 aliphatic carbocycles. The van der Waals surface area contributed by atoms with Gasteiger partial charge in [-0.15, -0.1) is 0 Å². The lowest BCUT2D eigenvalue weighted by Crippen LogP contribution is -2.11. The number of allylic oxidation sites excluding steroid dienone is 2. The van der Waals surface area contributed by atoms with Crippen molar-refractivity contribution in [3.05, 3.63) is 53.1 Å². The van der Waals surface area contributed by atoms with Crippen molar-refractivity contribution in [1.29, 1.82) is 0 Å². The highest BCUT2D eigenvalue weighted by atomic mass is 16.5. The maximum absolute atomic E-state index is 11.5. The van der Waals surface area contributed by atoms with Gasteiger partial charge < -0.3 is 19.7 Å².